The van der Waals surface area contributed by atoms with Crippen LogP contribution < -0.4 is 5.32 Å². The van der Waals surface area contributed by atoms with Crippen LogP contribution in [0.4, 0.5) is 0 Å². The Hall–Kier alpha value is -0.540. The number of hydrogen-bond donors (Lipinski definition) is 1. The number of hydrogen-bond acceptors (Lipinski definition) is 1. The van der Waals surface area contributed by atoms with Crippen LogP contribution in [0, 0.1) is 6.92 Å². The first-order valence-corrected chi connectivity index (χ1v) is 7.93. The Morgan fingerprint density at radius 3 is 2.50 bits per heavy atom. The van der Waals surface area contributed by atoms with Crippen LogP contribution >= 0.6 is 39.1 Å². The standard InChI is InChI=1S/C16H16BrCl2N/c1-10-7-12(4-6-14(10)17)16(20-2)8-11-3-5-13(18)9-15(11)19/h3-7,9,16,20H,8H2,1-2H3. The molecular formula is C16H16BrCl2N. The minimum Gasteiger partial charge on any atom is -0.313 e. The quantitative estimate of drug-likeness (QED) is 0.739. The highest BCUT2D eigenvalue weighted by atomic mass is 79.9. The largest absolute Gasteiger partial charge is 0.313 e. The molecule has 1 N–H and O–H groups in total. The summed E-state index contributed by atoms with van der Waals surface area (Å²) in [5, 5.41) is 4.73. The zero-order chi connectivity index (χ0) is 14.7. The maximum absolute atomic E-state index is 6.25. The average molecular weight is 373 g/mol. The Labute approximate surface area is 138 Å². The van der Waals surface area contributed by atoms with E-state index < -0.39 is 0 Å². The molecule has 0 aliphatic carbocycles. The molecule has 0 amide bonds. The second kappa shape index (κ2) is 6.95. The molecule has 0 aromatic heterocycles. The lowest BCUT2D eigenvalue weighted by molar-refractivity contribution is 0.591. The van der Waals surface area contributed by atoms with Gasteiger partial charge < -0.3 is 5.32 Å². The number of halogens is 3. The Morgan fingerprint density at radius 2 is 1.90 bits per heavy atom. The van der Waals surface area contributed by atoms with Gasteiger partial charge in [-0.3, -0.25) is 0 Å². The van der Waals surface area contributed by atoms with Crippen molar-refractivity contribution in [1.29, 1.82) is 0 Å². The Morgan fingerprint density at radius 1 is 1.15 bits per heavy atom. The predicted molar refractivity (Wildman–Crippen MR) is 90.8 cm³/mol. The second-order valence-electron chi connectivity index (χ2n) is 4.79. The first kappa shape index (κ1) is 15.8. The Kier molecular flexibility index (Phi) is 5.50. The smallest absolute Gasteiger partial charge is 0.0453 e. The van der Waals surface area contributed by atoms with E-state index in [1.165, 1.54) is 11.1 Å². The van der Waals surface area contributed by atoms with Crippen molar-refractivity contribution in [3.63, 3.8) is 0 Å². The van der Waals surface area contributed by atoms with Crippen molar-refractivity contribution in [1.82, 2.24) is 5.32 Å². The first-order valence-electron chi connectivity index (χ1n) is 6.38. The van der Waals surface area contributed by atoms with E-state index in [2.05, 4.69) is 46.4 Å². The molecule has 0 aliphatic rings. The topological polar surface area (TPSA) is 12.0 Å². The van der Waals surface area contributed by atoms with Crippen LogP contribution in [0.25, 0.3) is 0 Å². The molecule has 2 aromatic carbocycles. The molecule has 0 saturated heterocycles. The van der Waals surface area contributed by atoms with Crippen LogP contribution in [0.15, 0.2) is 40.9 Å². The summed E-state index contributed by atoms with van der Waals surface area (Å²) in [5.74, 6) is 0. The molecule has 106 valence electrons. The number of rotatable bonds is 4. The van der Waals surface area contributed by atoms with Crippen molar-refractivity contribution in [2.75, 3.05) is 7.05 Å². The zero-order valence-electron chi connectivity index (χ0n) is 11.4. The summed E-state index contributed by atoms with van der Waals surface area (Å²) in [6.45, 7) is 2.09. The van der Waals surface area contributed by atoms with Crippen molar-refractivity contribution >= 4 is 39.1 Å². The highest BCUT2D eigenvalue weighted by Gasteiger charge is 2.13. The molecule has 0 radical (unpaired) electrons. The van der Waals surface area contributed by atoms with E-state index in [0.29, 0.717) is 10.0 Å². The molecule has 1 nitrogen and oxygen atoms in total. The average Bonchev–Trinajstić information content (AvgIpc) is 2.41. The number of aryl methyl sites for hydroxylation is 1. The Balaban J connectivity index is 2.26. The summed E-state index contributed by atoms with van der Waals surface area (Å²) < 4.78 is 1.13. The monoisotopic (exact) mass is 371 g/mol. The molecule has 0 heterocycles. The number of benzene rings is 2. The summed E-state index contributed by atoms with van der Waals surface area (Å²) in [6, 6.07) is 12.3. The highest BCUT2D eigenvalue weighted by Crippen LogP contribution is 2.27. The fourth-order valence-electron chi connectivity index (χ4n) is 2.18. The molecule has 0 saturated carbocycles. The van der Waals surface area contributed by atoms with Crippen LogP contribution in [-0.2, 0) is 6.42 Å². The van der Waals surface area contributed by atoms with Crippen LogP contribution in [0.5, 0.6) is 0 Å². The van der Waals surface area contributed by atoms with Gasteiger partial charge in [0, 0.05) is 20.6 Å². The van der Waals surface area contributed by atoms with Crippen molar-refractivity contribution in [3.8, 4) is 0 Å². The van der Waals surface area contributed by atoms with Crippen molar-refractivity contribution in [3.05, 3.63) is 67.6 Å². The fraction of sp³-hybridized carbons (Fsp3) is 0.250. The third-order valence-electron chi connectivity index (χ3n) is 3.37. The van der Waals surface area contributed by atoms with E-state index in [0.717, 1.165) is 16.5 Å². The van der Waals surface area contributed by atoms with Gasteiger partial charge in [0.25, 0.3) is 0 Å². The zero-order valence-corrected chi connectivity index (χ0v) is 14.5. The van der Waals surface area contributed by atoms with E-state index in [4.69, 9.17) is 23.2 Å². The van der Waals surface area contributed by atoms with Crippen LogP contribution in [0.1, 0.15) is 22.7 Å². The van der Waals surface area contributed by atoms with Gasteiger partial charge in [-0.1, -0.05) is 57.3 Å². The van der Waals surface area contributed by atoms with E-state index >= 15 is 0 Å². The number of nitrogens with one attached hydrogen (secondary N) is 1. The van der Waals surface area contributed by atoms with Crippen LogP contribution in [-0.4, -0.2) is 7.05 Å². The lowest BCUT2D eigenvalue weighted by Crippen LogP contribution is -2.19. The van der Waals surface area contributed by atoms with Gasteiger partial charge in [-0.15, -0.1) is 0 Å². The first-order chi connectivity index (χ1) is 9.51. The normalized spacial score (nSPS) is 12.4. The van der Waals surface area contributed by atoms with Gasteiger partial charge in [0.05, 0.1) is 0 Å². The van der Waals surface area contributed by atoms with Crippen LogP contribution in [0.3, 0.4) is 0 Å². The van der Waals surface area contributed by atoms with Gasteiger partial charge in [-0.2, -0.15) is 0 Å². The molecule has 0 spiro atoms. The predicted octanol–water partition coefficient (Wildman–Crippen LogP) is 5.57. The van der Waals surface area contributed by atoms with Gasteiger partial charge in [0.15, 0.2) is 0 Å². The maximum Gasteiger partial charge on any atom is 0.0453 e. The van der Waals surface area contributed by atoms with Crippen molar-refractivity contribution in [2.24, 2.45) is 0 Å². The summed E-state index contributed by atoms with van der Waals surface area (Å²) in [4.78, 5) is 0. The van der Waals surface area contributed by atoms with E-state index in [9.17, 15) is 0 Å². The summed E-state index contributed by atoms with van der Waals surface area (Å²) in [7, 11) is 1.96. The molecule has 0 fully saturated rings. The lowest BCUT2D eigenvalue weighted by atomic mass is 9.98. The molecule has 1 unspecified atom stereocenters. The molecule has 0 bridgehead atoms. The third kappa shape index (κ3) is 3.76. The molecule has 2 aromatic rings. The Bertz CT molecular complexity index is 613. The lowest BCUT2D eigenvalue weighted by Gasteiger charge is -2.18. The van der Waals surface area contributed by atoms with Gasteiger partial charge in [0.2, 0.25) is 0 Å². The van der Waals surface area contributed by atoms with Crippen molar-refractivity contribution < 1.29 is 0 Å². The van der Waals surface area contributed by atoms with Gasteiger partial charge >= 0.3 is 0 Å². The highest BCUT2D eigenvalue weighted by molar-refractivity contribution is 9.10. The SMILES string of the molecule is CNC(Cc1ccc(Cl)cc1Cl)c1ccc(Br)c(C)c1. The van der Waals surface area contributed by atoms with Gasteiger partial charge in [-0.05, 0) is 55.3 Å². The molecule has 4 heteroatoms. The van der Waals surface area contributed by atoms with Gasteiger partial charge in [0.1, 0.15) is 0 Å². The van der Waals surface area contributed by atoms with Crippen molar-refractivity contribution in [2.45, 2.75) is 19.4 Å². The van der Waals surface area contributed by atoms with Crippen LogP contribution in [0.2, 0.25) is 10.0 Å². The maximum atomic E-state index is 6.25. The third-order valence-corrected chi connectivity index (χ3v) is 4.85. The van der Waals surface area contributed by atoms with E-state index in [1.807, 2.05) is 19.2 Å². The molecular weight excluding hydrogens is 357 g/mol. The second-order valence-corrected chi connectivity index (χ2v) is 6.49. The van der Waals surface area contributed by atoms with E-state index in [1.54, 1.807) is 6.07 Å². The molecule has 1 atom stereocenters. The van der Waals surface area contributed by atoms with E-state index in [-0.39, 0.29) is 6.04 Å². The summed E-state index contributed by atoms with van der Waals surface area (Å²) in [5.41, 5.74) is 3.57. The number of likely N-dealkylation sites (N-methyl/N-ethyl adjacent to an activating group) is 1. The summed E-state index contributed by atoms with van der Waals surface area (Å²) in [6.07, 6.45) is 0.827. The minimum atomic E-state index is 0.223. The van der Waals surface area contributed by atoms with Gasteiger partial charge in [-0.25, -0.2) is 0 Å². The minimum absolute atomic E-state index is 0.223. The molecule has 2 rings (SSSR count). The molecule has 0 aliphatic heterocycles. The summed E-state index contributed by atoms with van der Waals surface area (Å²) >= 11 is 15.7. The molecule has 20 heavy (non-hydrogen) atoms. The fourth-order valence-corrected chi connectivity index (χ4v) is 2.91.